The summed E-state index contributed by atoms with van der Waals surface area (Å²) < 4.78 is 19.2. The molecule has 5 heteroatoms. The number of benzene rings is 1. The number of ether oxygens (including phenoxy) is 1. The zero-order chi connectivity index (χ0) is 13.1. The molecule has 3 N–H and O–H groups in total. The third-order valence-corrected chi connectivity index (χ3v) is 2.90. The van der Waals surface area contributed by atoms with E-state index in [2.05, 4.69) is 10.2 Å². The first kappa shape index (κ1) is 13.0. The number of nitrogens with two attached hydrogens (primary N) is 1. The molecule has 1 aliphatic rings. The van der Waals surface area contributed by atoms with E-state index in [4.69, 9.17) is 10.5 Å². The number of hydrogen-bond acceptors (Lipinski definition) is 4. The van der Waals surface area contributed by atoms with Crippen LogP contribution in [0.4, 0.5) is 15.8 Å². The van der Waals surface area contributed by atoms with Gasteiger partial charge in [-0.25, -0.2) is 4.39 Å². The van der Waals surface area contributed by atoms with Crippen molar-refractivity contribution in [2.45, 2.75) is 20.0 Å². The van der Waals surface area contributed by atoms with E-state index < -0.39 is 5.82 Å². The van der Waals surface area contributed by atoms with Gasteiger partial charge in [0.1, 0.15) is 0 Å². The molecule has 1 aliphatic heterocycles. The van der Waals surface area contributed by atoms with Crippen LogP contribution < -0.4 is 20.7 Å². The van der Waals surface area contributed by atoms with E-state index in [0.29, 0.717) is 5.69 Å². The Bertz CT molecular complexity index is 417. The standard InChI is InChI=1S/C13H20FN3O/c1-9(2)18-13-8-12(11(15)7-10(13)14)17-5-3-16-4-6-17/h7-9,16H,3-6,15H2,1-2H3. The summed E-state index contributed by atoms with van der Waals surface area (Å²) in [5.74, 6) is -0.132. The highest BCUT2D eigenvalue weighted by molar-refractivity contribution is 5.70. The van der Waals surface area contributed by atoms with Gasteiger partial charge in [-0.3, -0.25) is 0 Å². The Morgan fingerprint density at radius 3 is 2.61 bits per heavy atom. The molecule has 0 bridgehead atoms. The molecule has 4 nitrogen and oxygen atoms in total. The number of rotatable bonds is 3. The Kier molecular flexibility index (Phi) is 3.91. The molecule has 0 aliphatic carbocycles. The summed E-state index contributed by atoms with van der Waals surface area (Å²) in [6.07, 6.45) is -0.0565. The Hall–Kier alpha value is -1.49. The SMILES string of the molecule is CC(C)Oc1cc(N2CCNCC2)c(N)cc1F. The topological polar surface area (TPSA) is 50.5 Å². The molecular formula is C13H20FN3O. The predicted octanol–water partition coefficient (Wildman–Crippen LogP) is 1.60. The second-order valence-electron chi connectivity index (χ2n) is 4.75. The molecule has 18 heavy (non-hydrogen) atoms. The van der Waals surface area contributed by atoms with Crippen molar-refractivity contribution in [1.29, 1.82) is 0 Å². The summed E-state index contributed by atoms with van der Waals surface area (Å²) in [6.45, 7) is 7.32. The zero-order valence-electron chi connectivity index (χ0n) is 10.9. The van der Waals surface area contributed by atoms with E-state index in [-0.39, 0.29) is 11.9 Å². The van der Waals surface area contributed by atoms with E-state index in [1.165, 1.54) is 6.07 Å². The molecule has 1 saturated heterocycles. The highest BCUT2D eigenvalue weighted by atomic mass is 19.1. The van der Waals surface area contributed by atoms with Crippen molar-refractivity contribution < 1.29 is 9.13 Å². The largest absolute Gasteiger partial charge is 0.488 e. The molecule has 0 radical (unpaired) electrons. The number of halogens is 1. The summed E-state index contributed by atoms with van der Waals surface area (Å²) in [7, 11) is 0. The minimum Gasteiger partial charge on any atom is -0.488 e. The van der Waals surface area contributed by atoms with E-state index in [1.54, 1.807) is 6.07 Å². The number of nitrogens with zero attached hydrogens (tertiary/aromatic N) is 1. The number of anilines is 2. The molecule has 1 fully saturated rings. The van der Waals surface area contributed by atoms with Crippen molar-refractivity contribution in [2.24, 2.45) is 0 Å². The van der Waals surface area contributed by atoms with Crippen LogP contribution in [0.5, 0.6) is 5.75 Å². The third kappa shape index (κ3) is 2.85. The van der Waals surface area contributed by atoms with Crippen LogP contribution in [0.3, 0.4) is 0 Å². The van der Waals surface area contributed by atoms with Gasteiger partial charge in [-0.2, -0.15) is 0 Å². The summed E-state index contributed by atoms with van der Waals surface area (Å²) in [5, 5.41) is 3.27. The highest BCUT2D eigenvalue weighted by Crippen LogP contribution is 2.31. The lowest BCUT2D eigenvalue weighted by Crippen LogP contribution is -2.43. The second kappa shape index (κ2) is 5.44. The predicted molar refractivity (Wildman–Crippen MR) is 71.7 cm³/mol. The van der Waals surface area contributed by atoms with Gasteiger partial charge in [0, 0.05) is 38.3 Å². The van der Waals surface area contributed by atoms with Crippen LogP contribution in [-0.4, -0.2) is 32.3 Å². The summed E-state index contributed by atoms with van der Waals surface area (Å²) in [4.78, 5) is 2.15. The molecule has 1 heterocycles. The van der Waals surface area contributed by atoms with Gasteiger partial charge in [0.25, 0.3) is 0 Å². The molecule has 0 amide bonds. The molecule has 2 rings (SSSR count). The number of hydrogen-bond donors (Lipinski definition) is 2. The molecule has 0 spiro atoms. The lowest BCUT2D eigenvalue weighted by molar-refractivity contribution is 0.231. The van der Waals surface area contributed by atoms with E-state index in [0.717, 1.165) is 31.9 Å². The van der Waals surface area contributed by atoms with Crippen LogP contribution in [0.25, 0.3) is 0 Å². The van der Waals surface area contributed by atoms with Gasteiger partial charge in [-0.15, -0.1) is 0 Å². The van der Waals surface area contributed by atoms with Gasteiger partial charge >= 0.3 is 0 Å². The highest BCUT2D eigenvalue weighted by Gasteiger charge is 2.17. The first-order valence-electron chi connectivity index (χ1n) is 6.29. The van der Waals surface area contributed by atoms with E-state index in [9.17, 15) is 4.39 Å². The van der Waals surface area contributed by atoms with Gasteiger partial charge in [0.2, 0.25) is 0 Å². The molecule has 1 aromatic carbocycles. The first-order chi connectivity index (χ1) is 8.58. The summed E-state index contributed by atoms with van der Waals surface area (Å²) >= 11 is 0. The van der Waals surface area contributed by atoms with Crippen molar-refractivity contribution in [1.82, 2.24) is 5.32 Å². The third-order valence-electron chi connectivity index (χ3n) is 2.90. The number of piperazine rings is 1. The van der Waals surface area contributed by atoms with Crippen LogP contribution in [0.1, 0.15) is 13.8 Å². The minimum atomic E-state index is -0.403. The molecule has 0 aromatic heterocycles. The first-order valence-corrected chi connectivity index (χ1v) is 6.29. The zero-order valence-corrected chi connectivity index (χ0v) is 10.9. The van der Waals surface area contributed by atoms with E-state index in [1.807, 2.05) is 13.8 Å². The number of nitrogen functional groups attached to an aromatic ring is 1. The van der Waals surface area contributed by atoms with Crippen LogP contribution in [-0.2, 0) is 0 Å². The van der Waals surface area contributed by atoms with Crippen molar-refractivity contribution in [3.8, 4) is 5.75 Å². The van der Waals surface area contributed by atoms with Crippen LogP contribution in [0.2, 0.25) is 0 Å². The molecule has 0 unspecified atom stereocenters. The monoisotopic (exact) mass is 253 g/mol. The van der Waals surface area contributed by atoms with Gasteiger partial charge in [0.15, 0.2) is 11.6 Å². The Balaban J connectivity index is 2.28. The Morgan fingerprint density at radius 2 is 2.00 bits per heavy atom. The van der Waals surface area contributed by atoms with E-state index >= 15 is 0 Å². The maximum Gasteiger partial charge on any atom is 0.167 e. The van der Waals surface area contributed by atoms with Crippen molar-refractivity contribution in [3.05, 3.63) is 17.9 Å². The molecule has 1 aromatic rings. The fourth-order valence-electron chi connectivity index (χ4n) is 2.08. The Labute approximate surface area is 107 Å². The molecule has 0 saturated carbocycles. The van der Waals surface area contributed by atoms with Gasteiger partial charge < -0.3 is 20.7 Å². The van der Waals surface area contributed by atoms with Crippen molar-refractivity contribution in [2.75, 3.05) is 36.8 Å². The van der Waals surface area contributed by atoms with Gasteiger partial charge in [-0.1, -0.05) is 0 Å². The molecule has 0 atom stereocenters. The molecule has 100 valence electrons. The quantitative estimate of drug-likeness (QED) is 0.803. The Morgan fingerprint density at radius 1 is 1.33 bits per heavy atom. The summed E-state index contributed by atoms with van der Waals surface area (Å²) in [6, 6.07) is 3.05. The number of nitrogens with one attached hydrogen (secondary N) is 1. The lowest BCUT2D eigenvalue weighted by atomic mass is 10.2. The van der Waals surface area contributed by atoms with Crippen LogP contribution in [0.15, 0.2) is 12.1 Å². The molecular weight excluding hydrogens is 233 g/mol. The van der Waals surface area contributed by atoms with Gasteiger partial charge in [-0.05, 0) is 13.8 Å². The second-order valence-corrected chi connectivity index (χ2v) is 4.75. The fourth-order valence-corrected chi connectivity index (χ4v) is 2.08. The van der Waals surface area contributed by atoms with Crippen LogP contribution >= 0.6 is 0 Å². The maximum atomic E-state index is 13.7. The van der Waals surface area contributed by atoms with Gasteiger partial charge in [0.05, 0.1) is 17.5 Å². The van der Waals surface area contributed by atoms with Crippen molar-refractivity contribution in [3.63, 3.8) is 0 Å². The summed E-state index contributed by atoms with van der Waals surface area (Å²) in [5.41, 5.74) is 7.21. The smallest absolute Gasteiger partial charge is 0.167 e. The van der Waals surface area contributed by atoms with Crippen LogP contribution in [0, 0.1) is 5.82 Å². The maximum absolute atomic E-state index is 13.7. The average Bonchev–Trinajstić information content (AvgIpc) is 2.33. The average molecular weight is 253 g/mol. The fraction of sp³-hybridized carbons (Fsp3) is 0.538. The lowest BCUT2D eigenvalue weighted by Gasteiger charge is -2.30. The normalized spacial score (nSPS) is 16.1. The minimum absolute atomic E-state index is 0.0565. The van der Waals surface area contributed by atoms with Crippen molar-refractivity contribution >= 4 is 11.4 Å².